The van der Waals surface area contributed by atoms with Crippen LogP contribution in [0.15, 0.2) is 11.2 Å². The molecule has 0 spiro atoms. The van der Waals surface area contributed by atoms with Crippen LogP contribution in [-0.4, -0.2) is 13.2 Å². The smallest absolute Gasteiger partial charge is 0.379 e. The molecule has 0 fully saturated rings. The van der Waals surface area contributed by atoms with E-state index < -0.39 is 6.72 Å². The molecule has 0 aliphatic heterocycles. The zero-order valence-corrected chi connectivity index (χ0v) is 10.3. The molecule has 0 saturated carbocycles. The second kappa shape index (κ2) is 7.04. The summed E-state index contributed by atoms with van der Waals surface area (Å²) in [7, 11) is 0. The van der Waals surface area contributed by atoms with Crippen molar-refractivity contribution in [2.45, 2.75) is 13.8 Å². The van der Waals surface area contributed by atoms with E-state index in [-0.39, 0.29) is 0 Å². The molecule has 0 bridgehead atoms. The predicted molar refractivity (Wildman–Crippen MR) is 56.7 cm³/mol. The molecule has 12 heavy (non-hydrogen) atoms. The summed E-state index contributed by atoms with van der Waals surface area (Å²) in [5.41, 5.74) is 0. The monoisotopic (exact) mass is 274 g/mol. The Bertz CT molecular complexity index is 176. The lowest BCUT2D eigenvalue weighted by molar-refractivity contribution is 0.204. The lowest BCUT2D eigenvalue weighted by atomic mass is 10.9. The molecule has 0 aromatic carbocycles. The predicted octanol–water partition coefficient (Wildman–Crippen LogP) is 3.17. The average Bonchev–Trinajstić information content (AvgIpc) is 2.02. The first-order valence-electron chi connectivity index (χ1n) is 3.51. The highest BCUT2D eigenvalue weighted by atomic mass is 79.9. The fourth-order valence-electron chi connectivity index (χ4n) is 0.512. The van der Waals surface area contributed by atoms with Crippen molar-refractivity contribution in [2.24, 2.45) is 0 Å². The first kappa shape index (κ1) is 12.6. The minimum Gasteiger partial charge on any atom is -0.432 e. The lowest BCUT2D eigenvalue weighted by Crippen LogP contribution is -1.95. The minimum atomic E-state index is -2.52. The molecule has 0 radical (unpaired) electrons. The molecule has 0 aromatic heterocycles. The van der Waals surface area contributed by atoms with Crippen molar-refractivity contribution in [3.05, 3.63) is 11.2 Å². The molecule has 0 amide bonds. The van der Waals surface area contributed by atoms with Crippen molar-refractivity contribution in [1.29, 1.82) is 0 Å². The Kier molecular flexibility index (Phi) is 7.38. The first-order chi connectivity index (χ1) is 5.68. The Morgan fingerprint density at radius 2 is 1.83 bits per heavy atom. The van der Waals surface area contributed by atoms with E-state index in [0.29, 0.717) is 13.2 Å². The number of hydrogen-bond acceptors (Lipinski definition) is 4. The van der Waals surface area contributed by atoms with E-state index in [2.05, 4.69) is 15.9 Å². The Balaban J connectivity index is 4.08. The third-order valence-corrected chi connectivity index (χ3v) is 3.45. The zero-order valence-electron chi connectivity index (χ0n) is 7.03. The third-order valence-electron chi connectivity index (χ3n) is 0.816. The molecule has 0 heterocycles. The maximum atomic E-state index is 5.18. The van der Waals surface area contributed by atoms with Crippen LogP contribution in [-0.2, 0) is 25.4 Å². The van der Waals surface area contributed by atoms with Gasteiger partial charge in [0.15, 0.2) is 0 Å². The van der Waals surface area contributed by atoms with Gasteiger partial charge in [0.05, 0.1) is 19.5 Å². The third kappa shape index (κ3) is 5.27. The second-order valence-corrected chi connectivity index (χ2v) is 5.14. The van der Waals surface area contributed by atoms with Crippen LogP contribution in [0.5, 0.6) is 0 Å². The van der Waals surface area contributed by atoms with Gasteiger partial charge in [0.2, 0.25) is 0 Å². The van der Waals surface area contributed by atoms with Crippen LogP contribution in [0.1, 0.15) is 13.8 Å². The Hall–Kier alpha value is 0.590. The SMILES string of the molecule is CCOP(=S)(OC=CBr)OCC. The van der Waals surface area contributed by atoms with E-state index in [1.165, 1.54) is 6.26 Å². The van der Waals surface area contributed by atoms with Gasteiger partial charge in [0, 0.05) is 16.8 Å². The summed E-state index contributed by atoms with van der Waals surface area (Å²) in [6.07, 6.45) is 1.42. The lowest BCUT2D eigenvalue weighted by Gasteiger charge is -2.18. The van der Waals surface area contributed by atoms with Gasteiger partial charge >= 0.3 is 6.72 Å². The molecule has 0 aliphatic rings. The fourth-order valence-corrected chi connectivity index (χ4v) is 2.61. The van der Waals surface area contributed by atoms with E-state index in [1.54, 1.807) is 4.99 Å². The van der Waals surface area contributed by atoms with E-state index in [4.69, 9.17) is 25.4 Å². The first-order valence-corrected chi connectivity index (χ1v) is 6.98. The van der Waals surface area contributed by atoms with Crippen LogP contribution >= 0.6 is 22.6 Å². The van der Waals surface area contributed by atoms with E-state index >= 15 is 0 Å². The summed E-state index contributed by atoms with van der Waals surface area (Å²) >= 11 is 8.10. The summed E-state index contributed by atoms with van der Waals surface area (Å²) in [6.45, 7) is 2.16. The molecule has 0 N–H and O–H groups in total. The van der Waals surface area contributed by atoms with Gasteiger partial charge in [-0.25, -0.2) is 0 Å². The largest absolute Gasteiger partial charge is 0.432 e. The fraction of sp³-hybridized carbons (Fsp3) is 0.667. The van der Waals surface area contributed by atoms with Crippen LogP contribution in [0.4, 0.5) is 0 Å². The summed E-state index contributed by atoms with van der Waals surface area (Å²) < 4.78 is 15.5. The molecular formula is C6H12BrO3PS. The van der Waals surface area contributed by atoms with Crippen LogP contribution in [0.3, 0.4) is 0 Å². The maximum Gasteiger partial charge on any atom is 0.379 e. The van der Waals surface area contributed by atoms with Gasteiger partial charge in [-0.05, 0) is 13.8 Å². The van der Waals surface area contributed by atoms with Crippen molar-refractivity contribution in [1.82, 2.24) is 0 Å². The number of rotatable bonds is 6. The highest BCUT2D eigenvalue weighted by Gasteiger charge is 2.18. The summed E-state index contributed by atoms with van der Waals surface area (Å²) in [6, 6.07) is 0. The standard InChI is InChI=1S/C6H12BrO3PS/c1-3-8-11(12,9-4-2)10-6-5-7/h5-6H,3-4H2,1-2H3. The second-order valence-electron chi connectivity index (χ2n) is 1.65. The van der Waals surface area contributed by atoms with Gasteiger partial charge in [0.25, 0.3) is 0 Å². The number of halogens is 1. The van der Waals surface area contributed by atoms with Gasteiger partial charge in [-0.3, -0.25) is 9.05 Å². The van der Waals surface area contributed by atoms with Gasteiger partial charge < -0.3 is 4.52 Å². The highest BCUT2D eigenvalue weighted by Crippen LogP contribution is 2.49. The minimum absolute atomic E-state index is 0.493. The average molecular weight is 275 g/mol. The molecule has 0 atom stereocenters. The van der Waals surface area contributed by atoms with Crippen LogP contribution in [0.2, 0.25) is 0 Å². The van der Waals surface area contributed by atoms with Gasteiger partial charge in [-0.2, -0.15) is 0 Å². The van der Waals surface area contributed by atoms with Crippen molar-refractivity contribution in [2.75, 3.05) is 13.2 Å². The van der Waals surface area contributed by atoms with Crippen molar-refractivity contribution >= 4 is 34.5 Å². The number of hydrogen-bond donors (Lipinski definition) is 0. The molecule has 0 rings (SSSR count). The summed E-state index contributed by atoms with van der Waals surface area (Å²) in [4.78, 5) is 1.56. The molecule has 6 heteroatoms. The molecule has 72 valence electrons. The van der Waals surface area contributed by atoms with Crippen molar-refractivity contribution in [3.63, 3.8) is 0 Å². The molecular weight excluding hydrogens is 263 g/mol. The topological polar surface area (TPSA) is 27.7 Å². The van der Waals surface area contributed by atoms with Gasteiger partial charge in [0.1, 0.15) is 0 Å². The Labute approximate surface area is 86.5 Å². The van der Waals surface area contributed by atoms with E-state index in [1.807, 2.05) is 13.8 Å². The van der Waals surface area contributed by atoms with E-state index in [0.717, 1.165) is 0 Å². The highest BCUT2D eigenvalue weighted by molar-refractivity contribution is 9.11. The van der Waals surface area contributed by atoms with E-state index in [9.17, 15) is 0 Å². The van der Waals surface area contributed by atoms with Crippen molar-refractivity contribution in [3.8, 4) is 0 Å². The van der Waals surface area contributed by atoms with Crippen LogP contribution < -0.4 is 0 Å². The normalized spacial score (nSPS) is 12.2. The zero-order chi connectivity index (χ0) is 9.45. The van der Waals surface area contributed by atoms with Crippen LogP contribution in [0.25, 0.3) is 0 Å². The maximum absolute atomic E-state index is 5.18. The Morgan fingerprint density at radius 3 is 2.17 bits per heavy atom. The quantitative estimate of drug-likeness (QED) is 0.549. The molecule has 0 aliphatic carbocycles. The van der Waals surface area contributed by atoms with Crippen molar-refractivity contribution < 1.29 is 13.6 Å². The summed E-state index contributed by atoms with van der Waals surface area (Å²) in [5, 5.41) is 0. The molecule has 0 saturated heterocycles. The summed E-state index contributed by atoms with van der Waals surface area (Å²) in [5.74, 6) is 0. The molecule has 0 unspecified atom stereocenters. The van der Waals surface area contributed by atoms with Crippen LogP contribution in [0, 0.1) is 0 Å². The van der Waals surface area contributed by atoms with Gasteiger partial charge in [-0.1, -0.05) is 15.9 Å². The molecule has 3 nitrogen and oxygen atoms in total. The molecule has 0 aromatic rings. The van der Waals surface area contributed by atoms with Gasteiger partial charge in [-0.15, -0.1) is 0 Å². The Morgan fingerprint density at radius 1 is 1.33 bits per heavy atom.